The van der Waals surface area contributed by atoms with Crippen LogP contribution in [0.2, 0.25) is 0 Å². The Balaban J connectivity index is 1.62. The zero-order valence-corrected chi connectivity index (χ0v) is 19.2. The Labute approximate surface area is 196 Å². The van der Waals surface area contributed by atoms with Crippen molar-refractivity contribution in [3.8, 4) is 5.82 Å². The van der Waals surface area contributed by atoms with Gasteiger partial charge < -0.3 is 10.6 Å². The Morgan fingerprint density at radius 2 is 2.09 bits per heavy atom. The van der Waals surface area contributed by atoms with Gasteiger partial charge in [0, 0.05) is 36.8 Å². The van der Waals surface area contributed by atoms with Gasteiger partial charge in [-0.3, -0.25) is 4.79 Å². The number of rotatable bonds is 6. The fourth-order valence-electron chi connectivity index (χ4n) is 4.20. The van der Waals surface area contributed by atoms with E-state index in [1.54, 1.807) is 29.1 Å². The maximum Gasteiger partial charge on any atom is 0.276 e. The van der Waals surface area contributed by atoms with E-state index in [1.165, 1.54) is 35.9 Å². The molecule has 0 radical (unpaired) electrons. The van der Waals surface area contributed by atoms with E-state index in [2.05, 4.69) is 44.3 Å². The third-order valence-electron chi connectivity index (χ3n) is 5.87. The lowest BCUT2D eigenvalue weighted by atomic mass is 10.0. The van der Waals surface area contributed by atoms with Gasteiger partial charge in [-0.1, -0.05) is 12.1 Å². The van der Waals surface area contributed by atoms with Gasteiger partial charge in [0.15, 0.2) is 17.3 Å². The summed E-state index contributed by atoms with van der Waals surface area (Å²) < 4.78 is 17.7. The number of halogens is 1. The van der Waals surface area contributed by atoms with Crippen molar-refractivity contribution in [2.75, 3.05) is 11.9 Å². The van der Waals surface area contributed by atoms with Crippen LogP contribution in [0.1, 0.15) is 30.8 Å². The molecule has 4 heterocycles. The van der Waals surface area contributed by atoms with Crippen LogP contribution in [0.5, 0.6) is 0 Å². The Hall–Kier alpha value is -3.85. The maximum atomic E-state index is 14.6. The van der Waals surface area contributed by atoms with Crippen LogP contribution in [-0.2, 0) is 25.2 Å². The number of alkyl halides is 1. The lowest BCUT2D eigenvalue weighted by molar-refractivity contribution is 0.206. The SMILES string of the molecule is C=CCn1c(=O)c2cnc(Nc3ccc4c(c3)CCNC4)cc2n1-c1ccnc(C(C)(C)F)n1. The zero-order valence-electron chi connectivity index (χ0n) is 19.2. The summed E-state index contributed by atoms with van der Waals surface area (Å²) in [5.74, 6) is 1.02. The van der Waals surface area contributed by atoms with E-state index in [0.717, 1.165) is 25.2 Å². The average molecular weight is 460 g/mol. The molecule has 174 valence electrons. The predicted octanol–water partition coefficient (Wildman–Crippen LogP) is 3.76. The zero-order chi connectivity index (χ0) is 23.9. The second kappa shape index (κ2) is 8.49. The molecule has 1 aliphatic heterocycles. The van der Waals surface area contributed by atoms with E-state index in [9.17, 15) is 9.18 Å². The minimum atomic E-state index is -1.72. The second-order valence-corrected chi connectivity index (χ2v) is 8.82. The summed E-state index contributed by atoms with van der Waals surface area (Å²) >= 11 is 0. The van der Waals surface area contributed by atoms with Crippen molar-refractivity contribution in [2.24, 2.45) is 0 Å². The molecule has 0 unspecified atom stereocenters. The van der Waals surface area contributed by atoms with Gasteiger partial charge in [-0.25, -0.2) is 28.7 Å². The van der Waals surface area contributed by atoms with Gasteiger partial charge in [0.1, 0.15) is 5.82 Å². The molecule has 5 rings (SSSR count). The summed E-state index contributed by atoms with van der Waals surface area (Å²) in [6.45, 7) is 8.66. The number of aromatic nitrogens is 5. The van der Waals surface area contributed by atoms with Crippen LogP contribution in [-0.4, -0.2) is 30.9 Å². The van der Waals surface area contributed by atoms with Crippen molar-refractivity contribution in [3.05, 3.63) is 82.7 Å². The smallest absolute Gasteiger partial charge is 0.276 e. The van der Waals surface area contributed by atoms with Gasteiger partial charge >= 0.3 is 0 Å². The molecular weight excluding hydrogens is 433 g/mol. The van der Waals surface area contributed by atoms with E-state index in [1.807, 2.05) is 6.07 Å². The molecule has 3 aromatic heterocycles. The van der Waals surface area contributed by atoms with Crippen molar-refractivity contribution < 1.29 is 4.39 Å². The van der Waals surface area contributed by atoms with Gasteiger partial charge in [0.2, 0.25) is 0 Å². The molecule has 0 fully saturated rings. The molecule has 0 amide bonds. The molecule has 1 aliphatic rings. The number of nitrogens with one attached hydrogen (secondary N) is 2. The highest BCUT2D eigenvalue weighted by Gasteiger charge is 2.24. The maximum absolute atomic E-state index is 14.6. The van der Waals surface area contributed by atoms with E-state index in [-0.39, 0.29) is 17.9 Å². The molecular formula is C25H26FN7O. The summed E-state index contributed by atoms with van der Waals surface area (Å²) in [5, 5.41) is 7.16. The predicted molar refractivity (Wildman–Crippen MR) is 130 cm³/mol. The molecule has 0 spiro atoms. The summed E-state index contributed by atoms with van der Waals surface area (Å²) in [6, 6.07) is 9.73. The van der Waals surface area contributed by atoms with Crippen LogP contribution in [0, 0.1) is 0 Å². The van der Waals surface area contributed by atoms with E-state index < -0.39 is 5.67 Å². The number of benzene rings is 1. The quantitative estimate of drug-likeness (QED) is 0.427. The topological polar surface area (TPSA) is 89.7 Å². The van der Waals surface area contributed by atoms with Crippen LogP contribution in [0.3, 0.4) is 0 Å². The first-order chi connectivity index (χ1) is 16.3. The van der Waals surface area contributed by atoms with Gasteiger partial charge in [-0.15, -0.1) is 6.58 Å². The first-order valence-electron chi connectivity index (χ1n) is 11.2. The summed E-state index contributed by atoms with van der Waals surface area (Å²) in [6.07, 6.45) is 5.66. The largest absolute Gasteiger partial charge is 0.340 e. The van der Waals surface area contributed by atoms with Crippen LogP contribution in [0.4, 0.5) is 15.9 Å². The van der Waals surface area contributed by atoms with Gasteiger partial charge in [0.25, 0.3) is 5.56 Å². The van der Waals surface area contributed by atoms with Crippen LogP contribution >= 0.6 is 0 Å². The normalized spacial score (nSPS) is 13.6. The third kappa shape index (κ3) is 3.99. The highest BCUT2D eigenvalue weighted by molar-refractivity contribution is 5.82. The molecule has 9 heteroatoms. The number of anilines is 2. The monoisotopic (exact) mass is 459 g/mol. The standard InChI is InChI=1S/C25H26FN7O/c1-4-11-32-23(34)19-15-29-21(30-18-6-5-17-14-27-9-7-16(17)12-18)13-20(19)33(32)22-8-10-28-24(31-22)25(2,3)26/h4-6,8,10,12-13,15,27H,1,7,9,11,14H2,2-3H3,(H,29,30). The average Bonchev–Trinajstić information content (AvgIpc) is 3.10. The number of hydrogen-bond donors (Lipinski definition) is 2. The molecule has 8 nitrogen and oxygen atoms in total. The Morgan fingerprint density at radius 1 is 1.24 bits per heavy atom. The number of fused-ring (bicyclic) bond motifs is 2. The van der Waals surface area contributed by atoms with Gasteiger partial charge in [0.05, 0.1) is 17.4 Å². The minimum absolute atomic E-state index is 0.0420. The fourth-order valence-corrected chi connectivity index (χ4v) is 4.20. The molecule has 0 saturated carbocycles. The van der Waals surface area contributed by atoms with Crippen LogP contribution in [0.15, 0.2) is 60.2 Å². The molecule has 0 saturated heterocycles. The highest BCUT2D eigenvalue weighted by atomic mass is 19.1. The Kier molecular flexibility index (Phi) is 5.49. The first-order valence-corrected chi connectivity index (χ1v) is 11.2. The van der Waals surface area contributed by atoms with E-state index in [0.29, 0.717) is 22.5 Å². The van der Waals surface area contributed by atoms with Crippen LogP contribution < -0.4 is 16.2 Å². The van der Waals surface area contributed by atoms with Crippen molar-refractivity contribution in [3.63, 3.8) is 0 Å². The Bertz CT molecular complexity index is 1450. The lowest BCUT2D eigenvalue weighted by Crippen LogP contribution is -2.23. The van der Waals surface area contributed by atoms with E-state index in [4.69, 9.17) is 0 Å². The first kappa shape index (κ1) is 22.0. The number of hydrogen-bond acceptors (Lipinski definition) is 6. The summed E-state index contributed by atoms with van der Waals surface area (Å²) in [7, 11) is 0. The summed E-state index contributed by atoms with van der Waals surface area (Å²) in [4.78, 5) is 26.1. The van der Waals surface area contributed by atoms with Crippen LogP contribution in [0.25, 0.3) is 16.7 Å². The van der Waals surface area contributed by atoms with Crippen molar-refractivity contribution in [2.45, 2.75) is 39.0 Å². The van der Waals surface area contributed by atoms with Crippen molar-refractivity contribution >= 4 is 22.4 Å². The van der Waals surface area contributed by atoms with Crippen molar-refractivity contribution in [1.82, 2.24) is 29.6 Å². The number of nitrogens with zero attached hydrogens (tertiary/aromatic N) is 5. The number of pyridine rings is 1. The Morgan fingerprint density at radius 3 is 2.88 bits per heavy atom. The molecule has 0 aliphatic carbocycles. The summed E-state index contributed by atoms with van der Waals surface area (Å²) in [5.41, 5.74) is 2.18. The molecule has 34 heavy (non-hydrogen) atoms. The van der Waals surface area contributed by atoms with Gasteiger partial charge in [-0.2, -0.15) is 0 Å². The molecule has 2 N–H and O–H groups in total. The van der Waals surface area contributed by atoms with E-state index >= 15 is 0 Å². The highest BCUT2D eigenvalue weighted by Crippen LogP contribution is 2.25. The van der Waals surface area contributed by atoms with Crippen molar-refractivity contribution in [1.29, 1.82) is 0 Å². The molecule has 4 aromatic rings. The molecule has 0 bridgehead atoms. The van der Waals surface area contributed by atoms with Gasteiger partial charge in [-0.05, 0) is 50.1 Å². The molecule has 0 atom stereocenters. The third-order valence-corrected chi connectivity index (χ3v) is 5.87. The minimum Gasteiger partial charge on any atom is -0.340 e. The molecule has 1 aromatic carbocycles. The number of allylic oxidation sites excluding steroid dienone is 1. The second-order valence-electron chi connectivity index (χ2n) is 8.82. The lowest BCUT2D eigenvalue weighted by Gasteiger charge is -2.18. The fraction of sp³-hybridized carbons (Fsp3) is 0.280.